The van der Waals surface area contributed by atoms with E-state index in [4.69, 9.17) is 0 Å². The van der Waals surface area contributed by atoms with E-state index in [9.17, 15) is 4.79 Å². The van der Waals surface area contributed by atoms with E-state index in [1.165, 1.54) is 0 Å². The number of anilines is 1. The van der Waals surface area contributed by atoms with Crippen molar-refractivity contribution >= 4 is 22.6 Å². The Hall–Kier alpha value is -2.70. The van der Waals surface area contributed by atoms with Gasteiger partial charge in [-0.05, 0) is 18.9 Å². The van der Waals surface area contributed by atoms with Gasteiger partial charge < -0.3 is 0 Å². The smallest absolute Gasteiger partial charge is 0.249 e. The number of carbonyl (C=O) groups is 1. The third-order valence-corrected chi connectivity index (χ3v) is 3.79. The number of para-hydroxylation sites is 1. The monoisotopic (exact) mass is 282 g/mol. The zero-order valence-corrected chi connectivity index (χ0v) is 11.4. The Morgan fingerprint density at radius 1 is 1.29 bits per heavy atom. The fourth-order valence-electron chi connectivity index (χ4n) is 2.75. The molecule has 1 N–H and O–H groups in total. The second kappa shape index (κ2) is 4.69. The van der Waals surface area contributed by atoms with Gasteiger partial charge in [-0.3, -0.25) is 14.4 Å². The Bertz CT molecular complexity index is 805. The maximum Gasteiger partial charge on any atom is 0.249 e. The van der Waals surface area contributed by atoms with Crippen molar-refractivity contribution in [3.8, 4) is 0 Å². The average molecular weight is 282 g/mol. The van der Waals surface area contributed by atoms with Gasteiger partial charge in [-0.15, -0.1) is 5.10 Å². The molecule has 0 unspecified atom stereocenters. The number of benzene rings is 1. The molecule has 106 valence electrons. The molecule has 3 heterocycles. The largest absolute Gasteiger partial charge is 0.292 e. The summed E-state index contributed by atoms with van der Waals surface area (Å²) in [6, 6.07) is 7.86. The van der Waals surface area contributed by atoms with Crippen LogP contribution in [0.1, 0.15) is 12.1 Å². The molecule has 0 saturated heterocycles. The molecular formula is C14H14N6O. The first-order chi connectivity index (χ1) is 10.3. The Kier molecular flexibility index (Phi) is 2.70. The van der Waals surface area contributed by atoms with Crippen LogP contribution in [0, 0.1) is 0 Å². The van der Waals surface area contributed by atoms with Crippen molar-refractivity contribution in [3.63, 3.8) is 0 Å². The van der Waals surface area contributed by atoms with Crippen LogP contribution in [0.25, 0.3) is 10.9 Å². The lowest BCUT2D eigenvalue weighted by molar-refractivity contribution is -0.119. The van der Waals surface area contributed by atoms with E-state index in [1.807, 2.05) is 24.3 Å². The first kappa shape index (κ1) is 12.1. The summed E-state index contributed by atoms with van der Waals surface area (Å²) in [7, 11) is 0. The van der Waals surface area contributed by atoms with Gasteiger partial charge >= 0.3 is 0 Å². The first-order valence-corrected chi connectivity index (χ1v) is 6.93. The van der Waals surface area contributed by atoms with Crippen molar-refractivity contribution in [3.05, 3.63) is 36.2 Å². The predicted octanol–water partition coefficient (Wildman–Crippen LogP) is 1.13. The lowest BCUT2D eigenvalue weighted by Gasteiger charge is -2.24. The van der Waals surface area contributed by atoms with Crippen molar-refractivity contribution < 1.29 is 4.79 Å². The van der Waals surface area contributed by atoms with Crippen molar-refractivity contribution in [2.45, 2.75) is 19.4 Å². The van der Waals surface area contributed by atoms with Crippen LogP contribution in [-0.4, -0.2) is 37.6 Å². The van der Waals surface area contributed by atoms with E-state index < -0.39 is 0 Å². The predicted molar refractivity (Wildman–Crippen MR) is 76.8 cm³/mol. The highest BCUT2D eigenvalue weighted by atomic mass is 16.2. The van der Waals surface area contributed by atoms with Crippen LogP contribution in [-0.2, 0) is 17.8 Å². The van der Waals surface area contributed by atoms with E-state index in [1.54, 1.807) is 15.8 Å². The molecule has 1 aromatic carbocycles. The molecule has 0 spiro atoms. The standard InChI is InChI=1S/C14H14N6O/c21-13(19-7-3-5-11-14(19)17-18-16-11)9-20-12-6-2-1-4-10(12)8-15-20/h1-2,4,6,8H,3,5,7,9H2,(H,16,17,18). The SMILES string of the molecule is O=C(Cn1ncc2ccccc21)N1CCCc2n[nH]nc21. The summed E-state index contributed by atoms with van der Waals surface area (Å²) in [6.45, 7) is 0.886. The molecule has 2 aromatic heterocycles. The lowest BCUT2D eigenvalue weighted by atomic mass is 10.1. The molecule has 1 aliphatic rings. The number of hydrogen-bond donors (Lipinski definition) is 1. The van der Waals surface area contributed by atoms with E-state index >= 15 is 0 Å². The van der Waals surface area contributed by atoms with E-state index in [0.717, 1.165) is 29.4 Å². The fourth-order valence-corrected chi connectivity index (χ4v) is 2.75. The van der Waals surface area contributed by atoms with Crippen LogP contribution >= 0.6 is 0 Å². The second-order valence-electron chi connectivity index (χ2n) is 5.10. The summed E-state index contributed by atoms with van der Waals surface area (Å²) < 4.78 is 1.73. The third kappa shape index (κ3) is 1.97. The first-order valence-electron chi connectivity index (χ1n) is 6.93. The number of carbonyl (C=O) groups excluding carboxylic acids is 1. The summed E-state index contributed by atoms with van der Waals surface area (Å²) in [6.07, 6.45) is 3.55. The Labute approximate surface area is 120 Å². The average Bonchev–Trinajstić information content (AvgIpc) is 3.14. The van der Waals surface area contributed by atoms with Crippen LogP contribution in [0.3, 0.4) is 0 Å². The van der Waals surface area contributed by atoms with Gasteiger partial charge in [0.25, 0.3) is 0 Å². The van der Waals surface area contributed by atoms with Gasteiger partial charge in [0, 0.05) is 11.9 Å². The Morgan fingerprint density at radius 2 is 2.19 bits per heavy atom. The molecule has 0 atom stereocenters. The van der Waals surface area contributed by atoms with E-state index in [2.05, 4.69) is 20.5 Å². The molecule has 21 heavy (non-hydrogen) atoms. The minimum atomic E-state index is -0.0151. The maximum absolute atomic E-state index is 12.6. The van der Waals surface area contributed by atoms with Gasteiger partial charge in [0.2, 0.25) is 5.91 Å². The highest BCUT2D eigenvalue weighted by Crippen LogP contribution is 2.22. The lowest BCUT2D eigenvalue weighted by Crippen LogP contribution is -2.38. The number of amides is 1. The number of aromatic amines is 1. The zero-order chi connectivity index (χ0) is 14.2. The van der Waals surface area contributed by atoms with Gasteiger partial charge in [0.1, 0.15) is 12.2 Å². The molecule has 0 fully saturated rings. The number of H-pyrrole nitrogens is 1. The quantitative estimate of drug-likeness (QED) is 0.764. The van der Waals surface area contributed by atoms with E-state index in [0.29, 0.717) is 12.4 Å². The van der Waals surface area contributed by atoms with Gasteiger partial charge in [0.05, 0.1) is 11.7 Å². The Balaban J connectivity index is 1.62. The normalized spacial score (nSPS) is 14.4. The number of aryl methyl sites for hydroxylation is 1. The second-order valence-corrected chi connectivity index (χ2v) is 5.10. The molecule has 1 amide bonds. The number of nitrogens with one attached hydrogen (secondary N) is 1. The van der Waals surface area contributed by atoms with E-state index in [-0.39, 0.29) is 12.5 Å². The summed E-state index contributed by atoms with van der Waals surface area (Å²) in [5, 5.41) is 16.1. The van der Waals surface area contributed by atoms with Crippen molar-refractivity contribution in [1.29, 1.82) is 0 Å². The minimum Gasteiger partial charge on any atom is -0.292 e. The molecule has 7 heteroatoms. The Morgan fingerprint density at radius 3 is 3.14 bits per heavy atom. The molecule has 0 aliphatic carbocycles. The number of hydrogen-bond acceptors (Lipinski definition) is 4. The minimum absolute atomic E-state index is 0.0151. The summed E-state index contributed by atoms with van der Waals surface area (Å²) >= 11 is 0. The van der Waals surface area contributed by atoms with Crippen LogP contribution in [0.2, 0.25) is 0 Å². The van der Waals surface area contributed by atoms with Crippen molar-refractivity contribution in [2.75, 3.05) is 11.4 Å². The molecule has 1 aliphatic heterocycles. The maximum atomic E-state index is 12.6. The third-order valence-electron chi connectivity index (χ3n) is 3.79. The molecule has 3 aromatic rings. The fraction of sp³-hybridized carbons (Fsp3) is 0.286. The highest BCUT2D eigenvalue weighted by molar-refractivity contribution is 5.94. The number of fused-ring (bicyclic) bond motifs is 2. The van der Waals surface area contributed by atoms with Gasteiger partial charge in [-0.1, -0.05) is 18.2 Å². The van der Waals surface area contributed by atoms with Gasteiger partial charge in [-0.2, -0.15) is 15.4 Å². The number of nitrogens with zero attached hydrogens (tertiary/aromatic N) is 5. The molecule has 7 nitrogen and oxygen atoms in total. The summed E-state index contributed by atoms with van der Waals surface area (Å²) in [5.74, 6) is 0.640. The molecule has 0 bridgehead atoms. The van der Waals surface area contributed by atoms with Crippen LogP contribution < -0.4 is 4.90 Å². The molecule has 0 radical (unpaired) electrons. The molecule has 4 rings (SSSR count). The molecule has 0 saturated carbocycles. The summed E-state index contributed by atoms with van der Waals surface area (Å²) in [5.41, 5.74) is 1.82. The van der Waals surface area contributed by atoms with Crippen molar-refractivity contribution in [1.82, 2.24) is 25.2 Å². The van der Waals surface area contributed by atoms with Crippen LogP contribution in [0.4, 0.5) is 5.82 Å². The number of rotatable bonds is 2. The van der Waals surface area contributed by atoms with Gasteiger partial charge in [-0.25, -0.2) is 0 Å². The highest BCUT2D eigenvalue weighted by Gasteiger charge is 2.26. The molecular weight excluding hydrogens is 268 g/mol. The topological polar surface area (TPSA) is 79.7 Å². The van der Waals surface area contributed by atoms with Crippen LogP contribution in [0.5, 0.6) is 0 Å². The van der Waals surface area contributed by atoms with Gasteiger partial charge in [0.15, 0.2) is 5.82 Å². The zero-order valence-electron chi connectivity index (χ0n) is 11.4. The van der Waals surface area contributed by atoms with Crippen LogP contribution in [0.15, 0.2) is 30.5 Å². The van der Waals surface area contributed by atoms with Crippen molar-refractivity contribution in [2.24, 2.45) is 0 Å². The number of aromatic nitrogens is 5. The summed E-state index contributed by atoms with van der Waals surface area (Å²) in [4.78, 5) is 14.2.